The molecule has 3 aliphatic heterocycles. The number of fused-ring (bicyclic) bond motifs is 3. The quantitative estimate of drug-likeness (QED) is 0.837. The van der Waals surface area contributed by atoms with Gasteiger partial charge in [-0.3, -0.25) is 4.79 Å². The molecule has 0 aliphatic carbocycles. The number of amides is 1. The van der Waals surface area contributed by atoms with E-state index in [2.05, 4.69) is 59.6 Å². The van der Waals surface area contributed by atoms with Gasteiger partial charge in [0, 0.05) is 42.8 Å². The second-order valence-electron chi connectivity index (χ2n) is 8.65. The number of nitrogens with zero attached hydrogens (tertiary/aromatic N) is 2. The highest BCUT2D eigenvalue weighted by atomic mass is 16.2. The largest absolute Gasteiger partial charge is 0.364 e. The van der Waals surface area contributed by atoms with E-state index in [9.17, 15) is 4.79 Å². The Balaban J connectivity index is 1.57. The second-order valence-corrected chi connectivity index (χ2v) is 8.65. The molecule has 2 saturated heterocycles. The molecule has 0 bridgehead atoms. The number of hydrogen-bond acceptors (Lipinski definition) is 3. The number of carbonyl (C=O) groups excluding carboxylic acids is 1. The van der Waals surface area contributed by atoms with E-state index in [4.69, 9.17) is 0 Å². The van der Waals surface area contributed by atoms with Crippen LogP contribution in [-0.2, 0) is 0 Å². The van der Waals surface area contributed by atoms with Crippen molar-refractivity contribution >= 4 is 11.6 Å². The van der Waals surface area contributed by atoms with Gasteiger partial charge in [0.2, 0.25) is 0 Å². The zero-order valence-electron chi connectivity index (χ0n) is 17.3. The normalized spacial score (nSPS) is 26.2. The van der Waals surface area contributed by atoms with Gasteiger partial charge in [-0.25, -0.2) is 0 Å². The molecule has 3 atom stereocenters. The molecule has 1 amide bonds. The van der Waals surface area contributed by atoms with Crippen molar-refractivity contribution in [3.05, 3.63) is 65.2 Å². The topological polar surface area (TPSA) is 35.6 Å². The van der Waals surface area contributed by atoms with Crippen LogP contribution in [0.15, 0.2) is 48.5 Å². The van der Waals surface area contributed by atoms with E-state index in [0.717, 1.165) is 44.6 Å². The fourth-order valence-electron chi connectivity index (χ4n) is 5.72. The first-order valence-corrected chi connectivity index (χ1v) is 11.3. The number of benzene rings is 2. The van der Waals surface area contributed by atoms with Gasteiger partial charge >= 0.3 is 0 Å². The molecule has 29 heavy (non-hydrogen) atoms. The highest BCUT2D eigenvalue weighted by Gasteiger charge is 2.42. The van der Waals surface area contributed by atoms with Crippen molar-refractivity contribution in [1.82, 2.24) is 10.2 Å². The SMILES string of the molecule is CCN1c2ccc(C(=O)N3CCCC3)cc2C2NCCCC2C1c1ccccc1. The van der Waals surface area contributed by atoms with E-state index < -0.39 is 0 Å². The van der Waals surface area contributed by atoms with Gasteiger partial charge in [-0.05, 0) is 68.5 Å². The Labute approximate surface area is 173 Å². The summed E-state index contributed by atoms with van der Waals surface area (Å²) < 4.78 is 0. The van der Waals surface area contributed by atoms with Crippen molar-refractivity contribution in [2.75, 3.05) is 31.1 Å². The molecule has 3 aliphatic rings. The standard InChI is InChI=1S/C25H31N3O/c1-2-28-22-13-12-19(25(29)27-15-6-7-16-27)17-21(22)23-20(11-8-14-26-23)24(28)18-9-4-3-5-10-18/h3-5,9-10,12-13,17,20,23-24,26H,2,6-8,11,14-16H2,1H3. The molecule has 3 heterocycles. The molecule has 2 aromatic rings. The number of anilines is 1. The maximum atomic E-state index is 13.0. The molecule has 1 N–H and O–H groups in total. The van der Waals surface area contributed by atoms with Crippen LogP contribution in [0.4, 0.5) is 5.69 Å². The Bertz CT molecular complexity index is 875. The van der Waals surface area contributed by atoms with E-state index in [0.29, 0.717) is 18.0 Å². The number of nitrogens with one attached hydrogen (secondary N) is 1. The third kappa shape index (κ3) is 3.24. The molecule has 0 aromatic heterocycles. The maximum absolute atomic E-state index is 13.0. The van der Waals surface area contributed by atoms with Gasteiger partial charge in [-0.15, -0.1) is 0 Å². The van der Waals surface area contributed by atoms with Crippen molar-refractivity contribution in [2.45, 2.75) is 44.7 Å². The highest BCUT2D eigenvalue weighted by Crippen LogP contribution is 2.50. The lowest BCUT2D eigenvalue weighted by Gasteiger charge is -2.50. The van der Waals surface area contributed by atoms with Crippen LogP contribution in [0.25, 0.3) is 0 Å². The van der Waals surface area contributed by atoms with Crippen LogP contribution >= 0.6 is 0 Å². The molecule has 3 unspecified atom stereocenters. The van der Waals surface area contributed by atoms with E-state index in [1.807, 2.05) is 11.0 Å². The van der Waals surface area contributed by atoms with Gasteiger partial charge in [0.05, 0.1) is 6.04 Å². The summed E-state index contributed by atoms with van der Waals surface area (Å²) in [6.07, 6.45) is 4.69. The van der Waals surface area contributed by atoms with Gasteiger partial charge in [0.25, 0.3) is 5.91 Å². The highest BCUT2D eigenvalue weighted by molar-refractivity contribution is 5.95. The molecule has 2 aromatic carbocycles. The van der Waals surface area contributed by atoms with Crippen molar-refractivity contribution in [2.24, 2.45) is 5.92 Å². The lowest BCUT2D eigenvalue weighted by atomic mass is 9.74. The van der Waals surface area contributed by atoms with Crippen LogP contribution in [0.5, 0.6) is 0 Å². The molecule has 0 saturated carbocycles. The monoisotopic (exact) mass is 389 g/mol. The lowest BCUT2D eigenvalue weighted by Crippen LogP contribution is -2.47. The summed E-state index contributed by atoms with van der Waals surface area (Å²) in [5.74, 6) is 0.724. The van der Waals surface area contributed by atoms with Gasteiger partial charge in [0.15, 0.2) is 0 Å². The summed E-state index contributed by atoms with van der Waals surface area (Å²) in [6, 6.07) is 18.1. The Morgan fingerprint density at radius 1 is 1.07 bits per heavy atom. The van der Waals surface area contributed by atoms with Crippen LogP contribution in [0.2, 0.25) is 0 Å². The number of rotatable bonds is 3. The average molecular weight is 390 g/mol. The maximum Gasteiger partial charge on any atom is 0.253 e. The average Bonchev–Trinajstić information content (AvgIpc) is 3.33. The predicted octanol–water partition coefficient (Wildman–Crippen LogP) is 4.54. The number of likely N-dealkylation sites (tertiary alicyclic amines) is 1. The van der Waals surface area contributed by atoms with Gasteiger partial charge in [-0.1, -0.05) is 30.3 Å². The number of carbonyl (C=O) groups is 1. The van der Waals surface area contributed by atoms with Crippen LogP contribution < -0.4 is 10.2 Å². The molecular weight excluding hydrogens is 358 g/mol. The van der Waals surface area contributed by atoms with E-state index in [1.165, 1.54) is 29.7 Å². The first kappa shape index (κ1) is 18.7. The van der Waals surface area contributed by atoms with E-state index >= 15 is 0 Å². The second kappa shape index (κ2) is 7.83. The molecule has 5 rings (SSSR count). The molecule has 0 spiro atoms. The minimum atomic E-state index is 0.200. The third-order valence-electron chi connectivity index (χ3n) is 7.04. The van der Waals surface area contributed by atoms with Gasteiger partial charge < -0.3 is 15.1 Å². The number of piperidine rings is 1. The summed E-state index contributed by atoms with van der Waals surface area (Å²) in [5, 5.41) is 3.81. The zero-order valence-corrected chi connectivity index (χ0v) is 17.3. The molecule has 2 fully saturated rings. The Morgan fingerprint density at radius 2 is 1.86 bits per heavy atom. The Morgan fingerprint density at radius 3 is 2.62 bits per heavy atom. The Hall–Kier alpha value is -2.33. The van der Waals surface area contributed by atoms with Crippen molar-refractivity contribution in [1.29, 1.82) is 0 Å². The summed E-state index contributed by atoms with van der Waals surface area (Å²) in [6.45, 7) is 6.07. The van der Waals surface area contributed by atoms with E-state index in [1.54, 1.807) is 0 Å². The van der Waals surface area contributed by atoms with Crippen LogP contribution in [0.3, 0.4) is 0 Å². The van der Waals surface area contributed by atoms with Crippen LogP contribution in [0, 0.1) is 5.92 Å². The molecule has 0 radical (unpaired) electrons. The summed E-state index contributed by atoms with van der Waals surface area (Å²) in [7, 11) is 0. The number of hydrogen-bond donors (Lipinski definition) is 1. The predicted molar refractivity (Wildman–Crippen MR) is 117 cm³/mol. The fraction of sp³-hybridized carbons (Fsp3) is 0.480. The van der Waals surface area contributed by atoms with Gasteiger partial charge in [0.1, 0.15) is 0 Å². The first-order chi connectivity index (χ1) is 14.3. The van der Waals surface area contributed by atoms with Crippen molar-refractivity contribution in [3.63, 3.8) is 0 Å². The molecule has 4 heteroatoms. The minimum absolute atomic E-state index is 0.200. The Kier molecular flexibility index (Phi) is 5.04. The third-order valence-corrected chi connectivity index (χ3v) is 7.04. The molecular formula is C25H31N3O. The molecule has 4 nitrogen and oxygen atoms in total. The fourth-order valence-corrected chi connectivity index (χ4v) is 5.72. The van der Waals surface area contributed by atoms with Crippen molar-refractivity contribution in [3.8, 4) is 0 Å². The van der Waals surface area contributed by atoms with Gasteiger partial charge in [-0.2, -0.15) is 0 Å². The molecule has 152 valence electrons. The van der Waals surface area contributed by atoms with Crippen LogP contribution in [-0.4, -0.2) is 37.0 Å². The summed E-state index contributed by atoms with van der Waals surface area (Å²) in [5.41, 5.74) is 4.85. The summed E-state index contributed by atoms with van der Waals surface area (Å²) in [4.78, 5) is 17.6. The van der Waals surface area contributed by atoms with E-state index in [-0.39, 0.29) is 5.91 Å². The lowest BCUT2D eigenvalue weighted by molar-refractivity contribution is 0.0792. The summed E-state index contributed by atoms with van der Waals surface area (Å²) >= 11 is 0. The smallest absolute Gasteiger partial charge is 0.253 e. The first-order valence-electron chi connectivity index (χ1n) is 11.3. The van der Waals surface area contributed by atoms with Crippen LogP contribution in [0.1, 0.15) is 66.2 Å². The minimum Gasteiger partial charge on any atom is -0.364 e. The van der Waals surface area contributed by atoms with Crippen molar-refractivity contribution < 1.29 is 4.79 Å². The zero-order chi connectivity index (χ0) is 19.8.